The second kappa shape index (κ2) is 4.52. The minimum absolute atomic E-state index is 0.715. The maximum absolute atomic E-state index is 5.88. The Balaban J connectivity index is 1.96. The molecule has 0 amide bonds. The van der Waals surface area contributed by atoms with Crippen LogP contribution in [0.5, 0.6) is 0 Å². The van der Waals surface area contributed by atoms with E-state index in [-0.39, 0.29) is 0 Å². The molecule has 21 heavy (non-hydrogen) atoms. The van der Waals surface area contributed by atoms with E-state index in [4.69, 9.17) is 10.7 Å². The molecule has 4 aromatic rings. The van der Waals surface area contributed by atoms with E-state index in [0.717, 1.165) is 28.1 Å². The predicted octanol–water partition coefficient (Wildman–Crippen LogP) is 3.81. The number of nitrogens with zero attached hydrogens (tertiary/aromatic N) is 2. The lowest BCUT2D eigenvalue weighted by atomic mass is 10.2. The Labute approximate surface area is 121 Å². The smallest absolute Gasteiger partial charge is 0.155 e. The summed E-state index contributed by atoms with van der Waals surface area (Å²) < 4.78 is 2.12. The van der Waals surface area contributed by atoms with Gasteiger partial charge in [-0.25, -0.2) is 4.98 Å². The Morgan fingerprint density at radius 3 is 2.62 bits per heavy atom. The summed E-state index contributed by atoms with van der Waals surface area (Å²) in [6.07, 6.45) is 2.03. The molecule has 2 aromatic carbocycles. The van der Waals surface area contributed by atoms with Crippen LogP contribution in [0, 0.1) is 0 Å². The van der Waals surface area contributed by atoms with Gasteiger partial charge in [-0.05, 0) is 42.5 Å². The molecule has 0 bridgehead atoms. The lowest BCUT2D eigenvalue weighted by Crippen LogP contribution is -1.99. The average molecular weight is 274 g/mol. The van der Waals surface area contributed by atoms with Gasteiger partial charge < -0.3 is 15.5 Å². The normalized spacial score (nSPS) is 11.0. The van der Waals surface area contributed by atoms with Crippen molar-refractivity contribution in [3.05, 3.63) is 66.9 Å². The summed E-state index contributed by atoms with van der Waals surface area (Å²) >= 11 is 0. The molecule has 0 aliphatic heterocycles. The lowest BCUT2D eigenvalue weighted by molar-refractivity contribution is 1.22. The molecule has 0 radical (unpaired) electrons. The molecule has 0 aliphatic rings. The van der Waals surface area contributed by atoms with Crippen molar-refractivity contribution >= 4 is 33.7 Å². The first-order valence-corrected chi connectivity index (χ1v) is 6.80. The van der Waals surface area contributed by atoms with Gasteiger partial charge in [0, 0.05) is 17.6 Å². The molecule has 0 unspecified atom stereocenters. The second-order valence-corrected chi connectivity index (χ2v) is 4.96. The number of nitrogens with two attached hydrogens (primary N) is 1. The molecule has 2 heterocycles. The van der Waals surface area contributed by atoms with Gasteiger partial charge in [-0.3, -0.25) is 0 Å². The number of hydrogen-bond acceptors (Lipinski definition) is 3. The van der Waals surface area contributed by atoms with E-state index in [1.54, 1.807) is 0 Å². The van der Waals surface area contributed by atoms with Crippen LogP contribution in [0.4, 0.5) is 17.2 Å². The fraction of sp³-hybridized carbons (Fsp3) is 0. The summed E-state index contributed by atoms with van der Waals surface area (Å²) in [5.41, 5.74) is 10.6. The molecule has 3 N–H and O–H groups in total. The molecule has 2 aromatic heterocycles. The molecule has 0 saturated heterocycles. The molecule has 0 spiro atoms. The van der Waals surface area contributed by atoms with E-state index >= 15 is 0 Å². The number of nitrogen functional groups attached to an aromatic ring is 1. The van der Waals surface area contributed by atoms with E-state index in [0.29, 0.717) is 5.69 Å². The highest BCUT2D eigenvalue weighted by molar-refractivity contribution is 5.87. The summed E-state index contributed by atoms with van der Waals surface area (Å²) in [5, 5.41) is 3.37. The molecular weight excluding hydrogens is 260 g/mol. The van der Waals surface area contributed by atoms with Crippen molar-refractivity contribution in [1.29, 1.82) is 0 Å². The number of para-hydroxylation sites is 1. The van der Waals surface area contributed by atoms with Gasteiger partial charge in [0.1, 0.15) is 0 Å². The summed E-state index contributed by atoms with van der Waals surface area (Å²) in [4.78, 5) is 4.72. The van der Waals surface area contributed by atoms with Gasteiger partial charge in [0.15, 0.2) is 5.82 Å². The number of fused-ring (bicyclic) bond motifs is 3. The summed E-state index contributed by atoms with van der Waals surface area (Å²) in [6.45, 7) is 0. The second-order valence-electron chi connectivity index (χ2n) is 4.96. The van der Waals surface area contributed by atoms with Crippen molar-refractivity contribution in [2.45, 2.75) is 0 Å². The van der Waals surface area contributed by atoms with E-state index < -0.39 is 0 Å². The zero-order chi connectivity index (χ0) is 14.2. The van der Waals surface area contributed by atoms with Crippen LogP contribution in [0.1, 0.15) is 0 Å². The van der Waals surface area contributed by atoms with Crippen molar-refractivity contribution in [2.75, 3.05) is 11.1 Å². The Morgan fingerprint density at radius 1 is 0.905 bits per heavy atom. The van der Waals surface area contributed by atoms with Gasteiger partial charge in [0.2, 0.25) is 0 Å². The summed E-state index contributed by atoms with van der Waals surface area (Å²) in [6, 6.07) is 19.9. The van der Waals surface area contributed by atoms with Crippen LogP contribution in [0.25, 0.3) is 16.6 Å². The number of hydrogen-bond donors (Lipinski definition) is 2. The van der Waals surface area contributed by atoms with Crippen LogP contribution in [-0.2, 0) is 0 Å². The topological polar surface area (TPSA) is 55.3 Å². The highest BCUT2D eigenvalue weighted by atomic mass is 15.1. The highest BCUT2D eigenvalue weighted by Crippen LogP contribution is 2.26. The molecule has 0 aliphatic carbocycles. The van der Waals surface area contributed by atoms with Crippen LogP contribution in [-0.4, -0.2) is 9.38 Å². The predicted molar refractivity (Wildman–Crippen MR) is 86.8 cm³/mol. The molecule has 0 fully saturated rings. The minimum Gasteiger partial charge on any atom is -0.399 e. The number of rotatable bonds is 2. The van der Waals surface area contributed by atoms with Gasteiger partial charge >= 0.3 is 0 Å². The van der Waals surface area contributed by atoms with E-state index in [2.05, 4.69) is 9.72 Å². The standard InChI is InChI=1S/C17H14N4/c18-12-8-9-15-14(11-12)20-17(16-7-4-10-21(15)16)19-13-5-2-1-3-6-13/h1-11H,18H2,(H,19,20). The molecule has 0 atom stereocenters. The van der Waals surface area contributed by atoms with Crippen LogP contribution in [0.2, 0.25) is 0 Å². The molecule has 4 rings (SSSR count). The minimum atomic E-state index is 0.715. The third kappa shape index (κ3) is 1.97. The zero-order valence-corrected chi connectivity index (χ0v) is 11.3. The SMILES string of the molecule is Nc1ccc2c(c1)nc(Nc1ccccc1)c1cccn12. The first-order valence-electron chi connectivity index (χ1n) is 6.80. The van der Waals surface area contributed by atoms with Crippen molar-refractivity contribution in [3.63, 3.8) is 0 Å². The number of anilines is 3. The van der Waals surface area contributed by atoms with Crippen LogP contribution < -0.4 is 11.1 Å². The maximum atomic E-state index is 5.88. The third-order valence-corrected chi connectivity index (χ3v) is 3.52. The Hall–Kier alpha value is -3.01. The van der Waals surface area contributed by atoms with E-state index in [1.165, 1.54) is 0 Å². The maximum Gasteiger partial charge on any atom is 0.155 e. The zero-order valence-electron chi connectivity index (χ0n) is 11.3. The monoisotopic (exact) mass is 274 g/mol. The third-order valence-electron chi connectivity index (χ3n) is 3.52. The first kappa shape index (κ1) is 11.8. The van der Waals surface area contributed by atoms with Gasteiger partial charge in [0.05, 0.1) is 16.6 Å². The Kier molecular flexibility index (Phi) is 2.54. The quantitative estimate of drug-likeness (QED) is 0.546. The van der Waals surface area contributed by atoms with Crippen molar-refractivity contribution in [2.24, 2.45) is 0 Å². The molecular formula is C17H14N4. The van der Waals surface area contributed by atoms with Crippen molar-refractivity contribution in [3.8, 4) is 0 Å². The highest BCUT2D eigenvalue weighted by Gasteiger charge is 2.08. The molecule has 4 nitrogen and oxygen atoms in total. The summed E-state index contributed by atoms with van der Waals surface area (Å²) in [7, 11) is 0. The molecule has 0 saturated carbocycles. The lowest BCUT2D eigenvalue weighted by Gasteiger charge is -2.11. The number of aromatic nitrogens is 2. The fourth-order valence-electron chi connectivity index (χ4n) is 2.55. The van der Waals surface area contributed by atoms with Gasteiger partial charge in [-0.2, -0.15) is 0 Å². The van der Waals surface area contributed by atoms with Crippen LogP contribution >= 0.6 is 0 Å². The van der Waals surface area contributed by atoms with Crippen LogP contribution in [0.15, 0.2) is 66.9 Å². The Morgan fingerprint density at radius 2 is 1.76 bits per heavy atom. The largest absolute Gasteiger partial charge is 0.399 e. The summed E-state index contributed by atoms with van der Waals surface area (Å²) in [5.74, 6) is 0.823. The number of nitrogens with one attached hydrogen (secondary N) is 1. The Bertz CT molecular complexity index is 925. The van der Waals surface area contributed by atoms with Crippen molar-refractivity contribution in [1.82, 2.24) is 9.38 Å². The van der Waals surface area contributed by atoms with Crippen molar-refractivity contribution < 1.29 is 0 Å². The van der Waals surface area contributed by atoms with E-state index in [1.807, 2.05) is 66.9 Å². The molecule has 102 valence electrons. The number of benzene rings is 2. The molecule has 4 heteroatoms. The van der Waals surface area contributed by atoms with Gasteiger partial charge in [-0.1, -0.05) is 18.2 Å². The van der Waals surface area contributed by atoms with Gasteiger partial charge in [0.25, 0.3) is 0 Å². The first-order chi connectivity index (χ1) is 10.3. The fourth-order valence-corrected chi connectivity index (χ4v) is 2.55. The van der Waals surface area contributed by atoms with Gasteiger partial charge in [-0.15, -0.1) is 0 Å². The van der Waals surface area contributed by atoms with E-state index in [9.17, 15) is 0 Å². The average Bonchev–Trinajstić information content (AvgIpc) is 2.98. The van der Waals surface area contributed by atoms with Crippen LogP contribution in [0.3, 0.4) is 0 Å².